The van der Waals surface area contributed by atoms with Gasteiger partial charge in [-0.1, -0.05) is 67.3 Å². The van der Waals surface area contributed by atoms with E-state index < -0.39 is 11.5 Å². The van der Waals surface area contributed by atoms with Crippen molar-refractivity contribution < 1.29 is 14.7 Å². The topological polar surface area (TPSA) is 54.4 Å². The molecule has 2 aliphatic carbocycles. The molecule has 4 heteroatoms. The molecule has 1 saturated carbocycles. The van der Waals surface area contributed by atoms with Crippen molar-refractivity contribution >= 4 is 23.2 Å². The number of carbonyl (C=O) groups is 2. The molecule has 0 aromatic heterocycles. The Balaban J connectivity index is 0.000000151. The number of rotatable bonds is 1. The number of benzene rings is 2. The minimum Gasteiger partial charge on any atom is -0.504 e. The van der Waals surface area contributed by atoms with Gasteiger partial charge in [0.15, 0.2) is 11.5 Å². The number of hydrogen-bond donors (Lipinski definition) is 1. The Bertz CT molecular complexity index is 831. The molecule has 26 heavy (non-hydrogen) atoms. The van der Waals surface area contributed by atoms with Gasteiger partial charge in [-0.15, -0.1) is 0 Å². The highest BCUT2D eigenvalue weighted by atomic mass is 35.5. The SMILES string of the molecule is Clc1ccc(C2CCCCC2)cc1.O=C1C=C(O)C(=O)c2ccccc21. The molecule has 0 aliphatic heterocycles. The number of carbonyl (C=O) groups excluding carboxylic acids is 2. The molecular weight excluding hydrogens is 348 g/mol. The second-order valence-electron chi connectivity index (χ2n) is 6.66. The van der Waals surface area contributed by atoms with Gasteiger partial charge in [0.1, 0.15) is 0 Å². The summed E-state index contributed by atoms with van der Waals surface area (Å²) in [5.74, 6) is -0.502. The molecule has 1 N–H and O–H groups in total. The third-order valence-electron chi connectivity index (χ3n) is 4.88. The maximum atomic E-state index is 11.3. The summed E-state index contributed by atoms with van der Waals surface area (Å²) < 4.78 is 0. The summed E-state index contributed by atoms with van der Waals surface area (Å²) >= 11 is 5.85. The Morgan fingerprint density at radius 1 is 0.846 bits per heavy atom. The van der Waals surface area contributed by atoms with Gasteiger partial charge < -0.3 is 5.11 Å². The third-order valence-corrected chi connectivity index (χ3v) is 5.14. The summed E-state index contributed by atoms with van der Waals surface area (Å²) in [7, 11) is 0. The molecule has 0 bridgehead atoms. The lowest BCUT2D eigenvalue weighted by atomic mass is 9.84. The standard InChI is InChI=1S/C12H15Cl.C10H6O3/c13-12-8-6-11(7-9-12)10-4-2-1-3-5-10;11-8-5-9(12)10(13)7-4-2-1-3-6(7)8/h6-10H,1-5H2;1-5,12H. The van der Waals surface area contributed by atoms with Crippen LogP contribution in [0.15, 0.2) is 60.4 Å². The second kappa shape index (κ2) is 8.33. The molecule has 2 aliphatic rings. The van der Waals surface area contributed by atoms with Crippen LogP contribution in [-0.4, -0.2) is 16.7 Å². The smallest absolute Gasteiger partial charge is 0.228 e. The molecule has 0 amide bonds. The number of aliphatic hydroxyl groups excluding tert-OH is 1. The summed E-state index contributed by atoms with van der Waals surface area (Å²) in [6.07, 6.45) is 7.89. The van der Waals surface area contributed by atoms with E-state index in [0.717, 1.165) is 17.0 Å². The summed E-state index contributed by atoms with van der Waals surface area (Å²) in [6, 6.07) is 14.8. The van der Waals surface area contributed by atoms with Gasteiger partial charge in [0, 0.05) is 22.2 Å². The van der Waals surface area contributed by atoms with Crippen molar-refractivity contribution in [3.05, 3.63) is 82.1 Å². The summed E-state index contributed by atoms with van der Waals surface area (Å²) in [5, 5.41) is 9.93. The van der Waals surface area contributed by atoms with Crippen molar-refractivity contribution in [2.24, 2.45) is 0 Å². The van der Waals surface area contributed by atoms with E-state index in [2.05, 4.69) is 12.1 Å². The number of halogens is 1. The Kier molecular flexibility index (Phi) is 5.89. The lowest BCUT2D eigenvalue weighted by molar-refractivity contribution is 0.0939. The van der Waals surface area contributed by atoms with E-state index >= 15 is 0 Å². The zero-order valence-electron chi connectivity index (χ0n) is 14.5. The van der Waals surface area contributed by atoms with Gasteiger partial charge in [0.2, 0.25) is 5.78 Å². The number of Topliss-reactive ketones (excluding diaryl/α,β-unsaturated/α-hetero) is 1. The van der Waals surface area contributed by atoms with Gasteiger partial charge in [-0.25, -0.2) is 0 Å². The van der Waals surface area contributed by atoms with Crippen LogP contribution >= 0.6 is 11.6 Å². The molecule has 0 unspecified atom stereocenters. The highest BCUT2D eigenvalue weighted by molar-refractivity contribution is 6.30. The van der Waals surface area contributed by atoms with Crippen molar-refractivity contribution in [1.29, 1.82) is 0 Å². The first-order valence-electron chi connectivity index (χ1n) is 8.90. The maximum absolute atomic E-state index is 11.3. The summed E-state index contributed by atoms with van der Waals surface area (Å²) in [5.41, 5.74) is 2.10. The van der Waals surface area contributed by atoms with Gasteiger partial charge >= 0.3 is 0 Å². The highest BCUT2D eigenvalue weighted by Crippen LogP contribution is 2.32. The van der Waals surface area contributed by atoms with Crippen molar-refractivity contribution in [2.75, 3.05) is 0 Å². The molecule has 0 saturated heterocycles. The number of hydrogen-bond acceptors (Lipinski definition) is 3. The fourth-order valence-corrected chi connectivity index (χ4v) is 3.60. The number of aliphatic hydroxyl groups is 1. The fraction of sp³-hybridized carbons (Fsp3) is 0.273. The monoisotopic (exact) mass is 368 g/mol. The van der Waals surface area contributed by atoms with E-state index in [1.807, 2.05) is 12.1 Å². The quantitative estimate of drug-likeness (QED) is 0.682. The fourth-order valence-electron chi connectivity index (χ4n) is 3.47. The van der Waals surface area contributed by atoms with Crippen molar-refractivity contribution in [3.8, 4) is 0 Å². The average molecular weight is 369 g/mol. The zero-order chi connectivity index (χ0) is 18.5. The molecular formula is C22H21ClO3. The van der Waals surface area contributed by atoms with Crippen LogP contribution in [-0.2, 0) is 0 Å². The number of ketones is 2. The second-order valence-corrected chi connectivity index (χ2v) is 7.09. The van der Waals surface area contributed by atoms with Crippen LogP contribution < -0.4 is 0 Å². The van der Waals surface area contributed by atoms with Gasteiger partial charge in [0.05, 0.1) is 0 Å². The normalized spacial score (nSPS) is 17.0. The Morgan fingerprint density at radius 2 is 1.46 bits per heavy atom. The Labute approximate surface area is 158 Å². The average Bonchev–Trinajstić information content (AvgIpc) is 2.68. The molecule has 0 spiro atoms. The van der Waals surface area contributed by atoms with E-state index in [9.17, 15) is 9.59 Å². The molecule has 0 radical (unpaired) electrons. The lowest BCUT2D eigenvalue weighted by Crippen LogP contribution is -2.16. The van der Waals surface area contributed by atoms with Crippen molar-refractivity contribution in [1.82, 2.24) is 0 Å². The first kappa shape index (κ1) is 18.4. The predicted octanol–water partition coefficient (Wildman–Crippen LogP) is 5.90. The van der Waals surface area contributed by atoms with Gasteiger partial charge in [-0.05, 0) is 36.5 Å². The van der Waals surface area contributed by atoms with Crippen molar-refractivity contribution in [2.45, 2.75) is 38.0 Å². The van der Waals surface area contributed by atoms with Gasteiger partial charge in [-0.3, -0.25) is 9.59 Å². The lowest BCUT2D eigenvalue weighted by Gasteiger charge is -2.21. The molecule has 0 heterocycles. The first-order chi connectivity index (χ1) is 12.6. The van der Waals surface area contributed by atoms with Crippen LogP contribution in [0.5, 0.6) is 0 Å². The minimum atomic E-state index is -0.491. The van der Waals surface area contributed by atoms with E-state index in [1.54, 1.807) is 18.2 Å². The summed E-state index contributed by atoms with van der Waals surface area (Å²) in [4.78, 5) is 22.5. The van der Waals surface area contributed by atoms with Crippen LogP contribution in [0.4, 0.5) is 0 Å². The molecule has 3 nitrogen and oxygen atoms in total. The molecule has 1 fully saturated rings. The molecule has 134 valence electrons. The van der Waals surface area contributed by atoms with E-state index in [1.165, 1.54) is 43.7 Å². The molecule has 4 rings (SSSR count). The van der Waals surface area contributed by atoms with Crippen LogP contribution in [0.2, 0.25) is 5.02 Å². The maximum Gasteiger partial charge on any atom is 0.228 e. The molecule has 2 aromatic rings. The Morgan fingerprint density at radius 3 is 2.12 bits per heavy atom. The van der Waals surface area contributed by atoms with Crippen LogP contribution in [0.1, 0.15) is 64.3 Å². The van der Waals surface area contributed by atoms with Gasteiger partial charge in [0.25, 0.3) is 0 Å². The van der Waals surface area contributed by atoms with Crippen molar-refractivity contribution in [3.63, 3.8) is 0 Å². The zero-order valence-corrected chi connectivity index (χ0v) is 15.2. The van der Waals surface area contributed by atoms with E-state index in [-0.39, 0.29) is 11.3 Å². The van der Waals surface area contributed by atoms with E-state index in [4.69, 9.17) is 16.7 Å². The minimum absolute atomic E-state index is 0.271. The number of fused-ring (bicyclic) bond motifs is 1. The Hall–Kier alpha value is -2.39. The first-order valence-corrected chi connectivity index (χ1v) is 9.28. The van der Waals surface area contributed by atoms with Crippen LogP contribution in [0.25, 0.3) is 0 Å². The number of allylic oxidation sites excluding steroid dienone is 2. The predicted molar refractivity (Wildman–Crippen MR) is 103 cm³/mol. The van der Waals surface area contributed by atoms with Crippen LogP contribution in [0.3, 0.4) is 0 Å². The van der Waals surface area contributed by atoms with E-state index in [0.29, 0.717) is 5.56 Å². The van der Waals surface area contributed by atoms with Gasteiger partial charge in [-0.2, -0.15) is 0 Å². The molecule has 2 aromatic carbocycles. The largest absolute Gasteiger partial charge is 0.504 e. The third kappa shape index (κ3) is 4.23. The highest BCUT2D eigenvalue weighted by Gasteiger charge is 2.24. The van der Waals surface area contributed by atoms with Crippen LogP contribution in [0, 0.1) is 0 Å². The summed E-state index contributed by atoms with van der Waals surface area (Å²) in [6.45, 7) is 0. The molecule has 0 atom stereocenters.